The maximum Gasteiger partial charge on any atom is 0.411 e. The monoisotopic (exact) mass is 449 g/mol. The Balaban J connectivity index is 1.41. The van der Waals surface area contributed by atoms with Crippen LogP contribution in [0.3, 0.4) is 0 Å². The quantitative estimate of drug-likeness (QED) is 0.650. The van der Waals surface area contributed by atoms with Crippen LogP contribution in [0.5, 0.6) is 0 Å². The summed E-state index contributed by atoms with van der Waals surface area (Å²) in [6, 6.07) is 14.2. The van der Waals surface area contributed by atoms with Gasteiger partial charge in [0.2, 0.25) is 0 Å². The summed E-state index contributed by atoms with van der Waals surface area (Å²) in [5.41, 5.74) is 3.18. The van der Waals surface area contributed by atoms with Crippen LogP contribution in [0, 0.1) is 0 Å². The van der Waals surface area contributed by atoms with Crippen LogP contribution < -0.4 is 10.2 Å². The van der Waals surface area contributed by atoms with E-state index in [-0.39, 0.29) is 18.4 Å². The van der Waals surface area contributed by atoms with Crippen LogP contribution in [0.2, 0.25) is 0 Å². The van der Waals surface area contributed by atoms with Gasteiger partial charge in [-0.15, -0.1) is 0 Å². The smallest absolute Gasteiger partial charge is 0.368 e. The van der Waals surface area contributed by atoms with E-state index < -0.39 is 12.8 Å². The molecule has 3 rings (SSSR count). The lowest BCUT2D eigenvalue weighted by Crippen LogP contribution is -2.51. The van der Waals surface area contributed by atoms with Crippen molar-refractivity contribution in [2.24, 2.45) is 0 Å². The molecule has 1 aliphatic rings. The van der Waals surface area contributed by atoms with E-state index in [1.807, 2.05) is 24.3 Å². The van der Waals surface area contributed by atoms with Crippen molar-refractivity contribution in [3.8, 4) is 0 Å². The molecular formula is C23H26F3N3O3. The molecule has 1 saturated heterocycles. The molecule has 6 nitrogen and oxygen atoms in total. The Labute approximate surface area is 184 Å². The minimum atomic E-state index is -4.34. The number of anilines is 1. The van der Waals surface area contributed by atoms with Crippen molar-refractivity contribution < 1.29 is 27.5 Å². The molecule has 1 N–H and O–H groups in total. The highest BCUT2D eigenvalue weighted by Gasteiger charge is 2.27. The highest BCUT2D eigenvalue weighted by molar-refractivity contribution is 5.94. The molecule has 0 unspecified atom stereocenters. The average Bonchev–Trinajstić information content (AvgIpc) is 2.77. The molecule has 2 aromatic rings. The number of rotatable bonds is 7. The van der Waals surface area contributed by atoms with Crippen LogP contribution in [0.1, 0.15) is 28.4 Å². The average molecular weight is 449 g/mol. The predicted octanol–water partition coefficient (Wildman–Crippen LogP) is 4.00. The van der Waals surface area contributed by atoms with Crippen LogP contribution in [-0.4, -0.2) is 55.7 Å². The van der Waals surface area contributed by atoms with Crippen LogP contribution in [0.4, 0.5) is 23.7 Å². The molecule has 2 aromatic carbocycles. The first kappa shape index (κ1) is 23.6. The van der Waals surface area contributed by atoms with E-state index in [9.17, 15) is 22.8 Å². The van der Waals surface area contributed by atoms with Crippen LogP contribution in [-0.2, 0) is 17.9 Å². The van der Waals surface area contributed by atoms with Crippen LogP contribution >= 0.6 is 0 Å². The number of hydrogen-bond acceptors (Lipinski definition) is 4. The number of ether oxygens (including phenoxy) is 1. The predicted molar refractivity (Wildman–Crippen MR) is 115 cm³/mol. The van der Waals surface area contributed by atoms with Crippen LogP contribution in [0.25, 0.3) is 0 Å². The Hall–Kier alpha value is -3.07. The normalized spacial score (nSPS) is 14.4. The lowest BCUT2D eigenvalue weighted by atomic mass is 10.1. The number of alkyl halides is 3. The summed E-state index contributed by atoms with van der Waals surface area (Å²) >= 11 is 0. The van der Waals surface area contributed by atoms with E-state index in [2.05, 4.69) is 15.0 Å². The summed E-state index contributed by atoms with van der Waals surface area (Å²) in [6.07, 6.45) is -4.34. The van der Waals surface area contributed by atoms with Gasteiger partial charge in [-0.1, -0.05) is 24.3 Å². The molecule has 1 fully saturated rings. The minimum Gasteiger partial charge on any atom is -0.368 e. The van der Waals surface area contributed by atoms with E-state index in [0.29, 0.717) is 43.9 Å². The number of benzene rings is 2. The Kier molecular flexibility index (Phi) is 7.74. The summed E-state index contributed by atoms with van der Waals surface area (Å²) in [4.78, 5) is 27.8. The van der Waals surface area contributed by atoms with Gasteiger partial charge in [0.25, 0.3) is 0 Å². The number of Topliss-reactive ketones (excluding diaryl/α,β-unsaturated/α-hetero) is 1. The summed E-state index contributed by atoms with van der Waals surface area (Å²) in [5, 5.41) is 2.88. The van der Waals surface area contributed by atoms with E-state index in [1.165, 1.54) is 6.92 Å². The fraction of sp³-hybridized carbons (Fsp3) is 0.391. The molecule has 2 amide bonds. The van der Waals surface area contributed by atoms with Crippen molar-refractivity contribution in [2.75, 3.05) is 37.7 Å². The fourth-order valence-electron chi connectivity index (χ4n) is 3.40. The maximum absolute atomic E-state index is 12.5. The van der Waals surface area contributed by atoms with Crippen molar-refractivity contribution in [3.05, 3.63) is 65.2 Å². The molecule has 0 atom stereocenters. The first-order valence-corrected chi connectivity index (χ1v) is 10.3. The van der Waals surface area contributed by atoms with Crippen molar-refractivity contribution >= 4 is 17.5 Å². The largest absolute Gasteiger partial charge is 0.411 e. The molecule has 0 spiro atoms. The molecule has 172 valence electrons. The number of piperazine rings is 1. The van der Waals surface area contributed by atoms with Gasteiger partial charge in [-0.05, 0) is 42.3 Å². The third-order valence-corrected chi connectivity index (χ3v) is 5.21. The third-order valence-electron chi connectivity index (χ3n) is 5.21. The zero-order valence-corrected chi connectivity index (χ0v) is 17.8. The topological polar surface area (TPSA) is 61.9 Å². The molecule has 1 aliphatic heterocycles. The molecule has 0 saturated carbocycles. The number of ketones is 1. The molecule has 0 aliphatic carbocycles. The lowest BCUT2D eigenvalue weighted by Gasteiger charge is -2.36. The van der Waals surface area contributed by atoms with Gasteiger partial charge in [0, 0.05) is 44.0 Å². The SMILES string of the molecule is CC(=O)c1ccc(N2CCN(C(=O)NCc3ccc(COCC(F)(F)F)cc3)CC2)cc1. The highest BCUT2D eigenvalue weighted by Crippen LogP contribution is 2.18. The number of carbonyl (C=O) groups is 2. The molecule has 1 heterocycles. The molecule has 32 heavy (non-hydrogen) atoms. The van der Waals surface area contributed by atoms with Gasteiger partial charge >= 0.3 is 12.2 Å². The van der Waals surface area contributed by atoms with Gasteiger partial charge in [-0.3, -0.25) is 4.79 Å². The summed E-state index contributed by atoms with van der Waals surface area (Å²) in [7, 11) is 0. The second kappa shape index (κ2) is 10.5. The van der Waals surface area contributed by atoms with Crippen molar-refractivity contribution in [2.45, 2.75) is 26.3 Å². The van der Waals surface area contributed by atoms with E-state index in [0.717, 1.165) is 11.3 Å². The highest BCUT2D eigenvalue weighted by atomic mass is 19.4. The Morgan fingerprint density at radius 3 is 2.09 bits per heavy atom. The lowest BCUT2D eigenvalue weighted by molar-refractivity contribution is -0.176. The Bertz CT molecular complexity index is 907. The number of carbonyl (C=O) groups excluding carboxylic acids is 2. The second-order valence-corrected chi connectivity index (χ2v) is 7.66. The number of hydrogen-bond donors (Lipinski definition) is 1. The van der Waals surface area contributed by atoms with Crippen molar-refractivity contribution in [3.63, 3.8) is 0 Å². The number of urea groups is 1. The molecule has 0 bridgehead atoms. The first-order valence-electron chi connectivity index (χ1n) is 10.3. The maximum atomic E-state index is 12.5. The minimum absolute atomic E-state index is 0.0301. The zero-order chi connectivity index (χ0) is 23.1. The van der Waals surface area contributed by atoms with Crippen LogP contribution in [0.15, 0.2) is 48.5 Å². The third kappa shape index (κ3) is 6.98. The molecule has 0 radical (unpaired) electrons. The van der Waals surface area contributed by atoms with Gasteiger partial charge < -0.3 is 19.9 Å². The standard InChI is InChI=1S/C23H26F3N3O3/c1-17(30)20-6-8-21(9-7-20)28-10-12-29(13-11-28)22(31)27-14-18-2-4-19(5-3-18)15-32-16-23(24,25)26/h2-9H,10-16H2,1H3,(H,27,31). The Morgan fingerprint density at radius 2 is 1.53 bits per heavy atom. The summed E-state index contributed by atoms with van der Waals surface area (Å²) < 4.78 is 41.0. The first-order chi connectivity index (χ1) is 15.2. The number of nitrogens with zero attached hydrogens (tertiary/aromatic N) is 2. The summed E-state index contributed by atoms with van der Waals surface area (Å²) in [5.74, 6) is 0.0301. The van der Waals surface area contributed by atoms with E-state index in [4.69, 9.17) is 0 Å². The zero-order valence-electron chi connectivity index (χ0n) is 17.8. The van der Waals surface area contributed by atoms with Gasteiger partial charge in [-0.2, -0.15) is 13.2 Å². The van der Waals surface area contributed by atoms with Crippen molar-refractivity contribution in [1.29, 1.82) is 0 Å². The van der Waals surface area contributed by atoms with Gasteiger partial charge in [0.05, 0.1) is 6.61 Å². The number of amides is 2. The second-order valence-electron chi connectivity index (χ2n) is 7.66. The molecule has 9 heteroatoms. The van der Waals surface area contributed by atoms with E-state index >= 15 is 0 Å². The van der Waals surface area contributed by atoms with Gasteiger partial charge in [0.1, 0.15) is 6.61 Å². The number of halogens is 3. The Morgan fingerprint density at radius 1 is 0.938 bits per heavy atom. The molecule has 0 aromatic heterocycles. The van der Waals surface area contributed by atoms with Gasteiger partial charge in [0.15, 0.2) is 5.78 Å². The van der Waals surface area contributed by atoms with E-state index in [1.54, 1.807) is 29.2 Å². The van der Waals surface area contributed by atoms with Crippen molar-refractivity contribution in [1.82, 2.24) is 10.2 Å². The fourth-order valence-corrected chi connectivity index (χ4v) is 3.40. The molecular weight excluding hydrogens is 423 g/mol. The number of nitrogens with one attached hydrogen (secondary N) is 1. The summed E-state index contributed by atoms with van der Waals surface area (Å²) in [6.45, 7) is 3.02. The van der Waals surface area contributed by atoms with Gasteiger partial charge in [-0.25, -0.2) is 4.79 Å².